The molecule has 1 aromatic rings. The Morgan fingerprint density at radius 3 is 3.14 bits per heavy atom. The van der Waals surface area contributed by atoms with Crippen LogP contribution < -0.4 is 5.32 Å². The van der Waals surface area contributed by atoms with Crippen molar-refractivity contribution in [2.24, 2.45) is 0 Å². The number of rotatable bonds is 4. The summed E-state index contributed by atoms with van der Waals surface area (Å²) >= 11 is 0. The Hall–Kier alpha value is -1.52. The van der Waals surface area contributed by atoms with Gasteiger partial charge < -0.3 is 14.8 Å². The minimum atomic E-state index is -0.823. The molecular weight excluding hydrogens is 184 g/mol. The third-order valence-electron chi connectivity index (χ3n) is 2.21. The standard InChI is InChI=1S/C9H12N2O3/c12-8(13)4-5-10-9-11-6-2-1-3-7(6)14-9/h1-5H2,(H,10,11)(H,12,13). The highest BCUT2D eigenvalue weighted by molar-refractivity contribution is 5.67. The van der Waals surface area contributed by atoms with Crippen LogP contribution in [0.3, 0.4) is 0 Å². The van der Waals surface area contributed by atoms with Crippen LogP contribution in [0.5, 0.6) is 0 Å². The number of fused-ring (bicyclic) bond motifs is 1. The lowest BCUT2D eigenvalue weighted by Crippen LogP contribution is -2.07. The van der Waals surface area contributed by atoms with Gasteiger partial charge in [0.2, 0.25) is 0 Å². The summed E-state index contributed by atoms with van der Waals surface area (Å²) in [4.78, 5) is 14.5. The summed E-state index contributed by atoms with van der Waals surface area (Å²) in [6, 6.07) is 0.455. The van der Waals surface area contributed by atoms with Gasteiger partial charge in [-0.2, -0.15) is 4.98 Å². The van der Waals surface area contributed by atoms with Crippen LogP contribution in [0.2, 0.25) is 0 Å². The summed E-state index contributed by atoms with van der Waals surface area (Å²) in [5.41, 5.74) is 1.02. The molecule has 0 amide bonds. The third-order valence-corrected chi connectivity index (χ3v) is 2.21. The topological polar surface area (TPSA) is 75.4 Å². The van der Waals surface area contributed by atoms with Crippen molar-refractivity contribution in [3.05, 3.63) is 11.5 Å². The zero-order valence-electron chi connectivity index (χ0n) is 7.75. The number of aliphatic carboxylic acids is 1. The van der Waals surface area contributed by atoms with Crippen LogP contribution in [0.15, 0.2) is 4.42 Å². The highest BCUT2D eigenvalue weighted by Gasteiger charge is 2.18. The van der Waals surface area contributed by atoms with E-state index in [4.69, 9.17) is 9.52 Å². The Morgan fingerprint density at radius 2 is 2.43 bits per heavy atom. The molecule has 2 N–H and O–H groups in total. The molecule has 0 radical (unpaired) electrons. The minimum Gasteiger partial charge on any atom is -0.481 e. The van der Waals surface area contributed by atoms with Gasteiger partial charge >= 0.3 is 5.97 Å². The van der Waals surface area contributed by atoms with Gasteiger partial charge in [-0.05, 0) is 12.8 Å². The maximum Gasteiger partial charge on any atom is 0.305 e. The Kier molecular flexibility index (Phi) is 2.39. The molecule has 5 heteroatoms. The van der Waals surface area contributed by atoms with Gasteiger partial charge in [0.15, 0.2) is 0 Å². The van der Waals surface area contributed by atoms with Crippen LogP contribution in [-0.4, -0.2) is 22.6 Å². The summed E-state index contributed by atoms with van der Waals surface area (Å²) in [5.74, 6) is 0.124. The summed E-state index contributed by atoms with van der Waals surface area (Å²) in [6.07, 6.45) is 3.10. The lowest BCUT2D eigenvalue weighted by Gasteiger charge is -1.97. The zero-order valence-corrected chi connectivity index (χ0v) is 7.75. The summed E-state index contributed by atoms with van der Waals surface area (Å²) in [5, 5.41) is 11.3. The lowest BCUT2D eigenvalue weighted by molar-refractivity contribution is -0.136. The number of nitrogens with one attached hydrogen (secondary N) is 1. The highest BCUT2D eigenvalue weighted by Crippen LogP contribution is 2.24. The van der Waals surface area contributed by atoms with Crippen LogP contribution in [0.1, 0.15) is 24.3 Å². The normalized spacial score (nSPS) is 14.0. The molecular formula is C9H12N2O3. The molecule has 0 saturated heterocycles. The maximum absolute atomic E-state index is 10.2. The van der Waals surface area contributed by atoms with Gasteiger partial charge in [-0.3, -0.25) is 4.79 Å². The van der Waals surface area contributed by atoms with E-state index in [9.17, 15) is 4.79 Å². The van der Waals surface area contributed by atoms with E-state index in [-0.39, 0.29) is 6.42 Å². The van der Waals surface area contributed by atoms with E-state index in [0.717, 1.165) is 30.7 Å². The molecule has 0 bridgehead atoms. The van der Waals surface area contributed by atoms with Crippen molar-refractivity contribution in [1.82, 2.24) is 4.98 Å². The molecule has 5 nitrogen and oxygen atoms in total. The van der Waals surface area contributed by atoms with E-state index in [1.165, 1.54) is 0 Å². The molecule has 0 saturated carbocycles. The van der Waals surface area contributed by atoms with E-state index in [1.54, 1.807) is 0 Å². The first-order valence-corrected chi connectivity index (χ1v) is 4.70. The first-order chi connectivity index (χ1) is 6.75. The quantitative estimate of drug-likeness (QED) is 0.752. The molecule has 1 heterocycles. The van der Waals surface area contributed by atoms with Crippen molar-refractivity contribution in [1.29, 1.82) is 0 Å². The molecule has 0 spiro atoms. The van der Waals surface area contributed by atoms with Crippen molar-refractivity contribution >= 4 is 12.0 Å². The first-order valence-electron chi connectivity index (χ1n) is 4.70. The van der Waals surface area contributed by atoms with Gasteiger partial charge in [-0.25, -0.2) is 0 Å². The monoisotopic (exact) mass is 196 g/mol. The molecule has 0 aliphatic heterocycles. The molecule has 0 aromatic carbocycles. The summed E-state index contributed by atoms with van der Waals surface area (Å²) < 4.78 is 5.39. The Bertz CT molecular complexity index is 324. The number of anilines is 1. The fourth-order valence-corrected chi connectivity index (χ4v) is 1.54. The molecule has 2 rings (SSSR count). The second kappa shape index (κ2) is 3.69. The molecule has 1 aromatic heterocycles. The maximum atomic E-state index is 10.2. The average Bonchev–Trinajstić information content (AvgIpc) is 2.62. The average molecular weight is 196 g/mol. The van der Waals surface area contributed by atoms with E-state index in [2.05, 4.69) is 10.3 Å². The molecule has 0 atom stereocenters. The summed E-state index contributed by atoms with van der Waals surface area (Å²) in [6.45, 7) is 0.356. The van der Waals surface area contributed by atoms with Crippen molar-refractivity contribution in [2.45, 2.75) is 25.7 Å². The van der Waals surface area contributed by atoms with Gasteiger partial charge in [0, 0.05) is 13.0 Å². The SMILES string of the molecule is O=C(O)CCNc1nc2c(o1)CCC2. The van der Waals surface area contributed by atoms with E-state index in [1.807, 2.05) is 0 Å². The summed E-state index contributed by atoms with van der Waals surface area (Å²) in [7, 11) is 0. The molecule has 0 unspecified atom stereocenters. The van der Waals surface area contributed by atoms with Gasteiger partial charge in [0.05, 0.1) is 12.1 Å². The predicted molar refractivity (Wildman–Crippen MR) is 49.3 cm³/mol. The number of oxazole rings is 1. The van der Waals surface area contributed by atoms with Crippen molar-refractivity contribution in [2.75, 3.05) is 11.9 Å². The van der Waals surface area contributed by atoms with E-state index < -0.39 is 5.97 Å². The number of nitrogens with zero attached hydrogens (tertiary/aromatic N) is 1. The van der Waals surface area contributed by atoms with Crippen molar-refractivity contribution < 1.29 is 14.3 Å². The number of aromatic nitrogens is 1. The van der Waals surface area contributed by atoms with Crippen LogP contribution in [0, 0.1) is 0 Å². The number of aryl methyl sites for hydroxylation is 2. The second-order valence-electron chi connectivity index (χ2n) is 3.31. The van der Waals surface area contributed by atoms with Gasteiger partial charge in [0.25, 0.3) is 6.01 Å². The van der Waals surface area contributed by atoms with Crippen LogP contribution >= 0.6 is 0 Å². The largest absolute Gasteiger partial charge is 0.481 e. The van der Waals surface area contributed by atoms with E-state index in [0.29, 0.717) is 12.6 Å². The Morgan fingerprint density at radius 1 is 1.57 bits per heavy atom. The van der Waals surface area contributed by atoms with Gasteiger partial charge in [-0.1, -0.05) is 0 Å². The van der Waals surface area contributed by atoms with E-state index >= 15 is 0 Å². The van der Waals surface area contributed by atoms with Crippen LogP contribution in [0.4, 0.5) is 6.01 Å². The Labute approximate surface area is 81.1 Å². The number of carboxylic acids is 1. The Balaban J connectivity index is 1.88. The van der Waals surface area contributed by atoms with Crippen LogP contribution in [-0.2, 0) is 17.6 Å². The first kappa shape index (κ1) is 9.05. The predicted octanol–water partition coefficient (Wildman–Crippen LogP) is 1.05. The van der Waals surface area contributed by atoms with Gasteiger partial charge in [0.1, 0.15) is 5.76 Å². The molecule has 1 aliphatic carbocycles. The highest BCUT2D eigenvalue weighted by atomic mass is 16.4. The fraction of sp³-hybridized carbons (Fsp3) is 0.556. The third kappa shape index (κ3) is 1.86. The van der Waals surface area contributed by atoms with Crippen molar-refractivity contribution in [3.63, 3.8) is 0 Å². The lowest BCUT2D eigenvalue weighted by atomic mass is 10.4. The minimum absolute atomic E-state index is 0.0764. The number of hydrogen-bond donors (Lipinski definition) is 2. The molecule has 1 aliphatic rings. The second-order valence-corrected chi connectivity index (χ2v) is 3.31. The number of carboxylic acid groups (broad SMARTS) is 1. The fourth-order valence-electron chi connectivity index (χ4n) is 1.54. The molecule has 14 heavy (non-hydrogen) atoms. The zero-order chi connectivity index (χ0) is 9.97. The molecule has 76 valence electrons. The number of hydrogen-bond acceptors (Lipinski definition) is 4. The van der Waals surface area contributed by atoms with Crippen LogP contribution in [0.25, 0.3) is 0 Å². The number of carbonyl (C=O) groups is 1. The van der Waals surface area contributed by atoms with Gasteiger partial charge in [-0.15, -0.1) is 0 Å². The smallest absolute Gasteiger partial charge is 0.305 e. The molecule has 0 fully saturated rings. The van der Waals surface area contributed by atoms with Crippen molar-refractivity contribution in [3.8, 4) is 0 Å².